The van der Waals surface area contributed by atoms with E-state index in [1.54, 1.807) is 24.3 Å². The third-order valence-corrected chi connectivity index (χ3v) is 4.60. The van der Waals surface area contributed by atoms with Crippen molar-refractivity contribution in [3.63, 3.8) is 0 Å². The minimum atomic E-state index is -0.289. The van der Waals surface area contributed by atoms with Crippen LogP contribution in [0, 0.1) is 0 Å². The van der Waals surface area contributed by atoms with Crippen LogP contribution in [0.15, 0.2) is 24.3 Å². The van der Waals surface area contributed by atoms with Gasteiger partial charge in [-0.15, -0.1) is 0 Å². The van der Waals surface area contributed by atoms with Crippen molar-refractivity contribution >= 4 is 17.7 Å². The highest BCUT2D eigenvalue weighted by molar-refractivity contribution is 7.99. The number of hydrogen-bond donors (Lipinski definition) is 2. The van der Waals surface area contributed by atoms with E-state index >= 15 is 0 Å². The van der Waals surface area contributed by atoms with Crippen LogP contribution in [-0.2, 0) is 0 Å². The predicted octanol–water partition coefficient (Wildman–Crippen LogP) is 2.34. The quantitative estimate of drug-likeness (QED) is 0.363. The molecule has 0 bridgehead atoms. The second-order valence-electron chi connectivity index (χ2n) is 4.62. The highest BCUT2D eigenvalue weighted by Gasteiger charge is 2.14. The lowest BCUT2D eigenvalue weighted by Gasteiger charge is -2.10. The number of hydrazine groups is 1. The largest absolute Gasteiger partial charge is 0.493 e. The van der Waals surface area contributed by atoms with Gasteiger partial charge in [0, 0.05) is 16.6 Å². The van der Waals surface area contributed by atoms with E-state index in [0.29, 0.717) is 12.2 Å². The van der Waals surface area contributed by atoms with Gasteiger partial charge in [-0.2, -0.15) is 11.8 Å². The summed E-state index contributed by atoms with van der Waals surface area (Å²) in [5.41, 5.74) is 2.64. The third-order valence-electron chi connectivity index (χ3n) is 3.26. The molecule has 1 aromatic rings. The summed E-state index contributed by atoms with van der Waals surface area (Å²) in [4.78, 5) is 11.3. The van der Waals surface area contributed by atoms with Crippen LogP contribution in [0.5, 0.6) is 5.75 Å². The van der Waals surface area contributed by atoms with Gasteiger partial charge in [0.05, 0.1) is 6.61 Å². The summed E-state index contributed by atoms with van der Waals surface area (Å²) in [5, 5.41) is 0.833. The van der Waals surface area contributed by atoms with Gasteiger partial charge >= 0.3 is 0 Å². The third kappa shape index (κ3) is 4.44. The average molecular weight is 280 g/mol. The number of hydrogen-bond acceptors (Lipinski definition) is 4. The monoisotopic (exact) mass is 280 g/mol. The van der Waals surface area contributed by atoms with E-state index in [2.05, 4.69) is 5.43 Å². The van der Waals surface area contributed by atoms with Crippen LogP contribution in [-0.4, -0.2) is 23.5 Å². The van der Waals surface area contributed by atoms with E-state index in [9.17, 15) is 4.79 Å². The molecule has 1 fully saturated rings. The number of nitrogen functional groups attached to an aromatic ring is 1. The lowest BCUT2D eigenvalue weighted by molar-refractivity contribution is 0.0953. The predicted molar refractivity (Wildman–Crippen MR) is 78.3 cm³/mol. The van der Waals surface area contributed by atoms with E-state index in [1.165, 1.54) is 25.7 Å². The molecule has 4 nitrogen and oxygen atoms in total. The van der Waals surface area contributed by atoms with Crippen LogP contribution < -0.4 is 16.0 Å². The Bertz CT molecular complexity index is 402. The maximum atomic E-state index is 11.3. The number of nitrogens with one attached hydrogen (secondary N) is 1. The van der Waals surface area contributed by atoms with Crippen LogP contribution in [0.3, 0.4) is 0 Å². The number of carbonyl (C=O) groups is 1. The van der Waals surface area contributed by atoms with Crippen LogP contribution in [0.1, 0.15) is 36.0 Å². The Kier molecular flexibility index (Phi) is 5.54. The minimum Gasteiger partial charge on any atom is -0.493 e. The normalized spacial score (nSPS) is 15.4. The molecule has 5 heteroatoms. The maximum absolute atomic E-state index is 11.3. The molecule has 1 amide bonds. The molecule has 1 saturated carbocycles. The standard InChI is InChI=1S/C14H20N2O2S/c15-16-14(17)11-5-7-12(8-6-11)18-9-10-19-13-3-1-2-4-13/h5-8,13H,1-4,9-10,15H2,(H,16,17). The first-order chi connectivity index (χ1) is 9.29. The minimum absolute atomic E-state index is 0.289. The molecule has 0 unspecified atom stereocenters. The molecular weight excluding hydrogens is 260 g/mol. The van der Waals surface area contributed by atoms with Crippen LogP contribution in [0.25, 0.3) is 0 Å². The lowest BCUT2D eigenvalue weighted by atomic mass is 10.2. The summed E-state index contributed by atoms with van der Waals surface area (Å²) in [6.07, 6.45) is 5.47. The molecule has 3 N–H and O–H groups in total. The van der Waals surface area contributed by atoms with Crippen LogP contribution in [0.4, 0.5) is 0 Å². The topological polar surface area (TPSA) is 64.3 Å². The van der Waals surface area contributed by atoms with E-state index in [-0.39, 0.29) is 5.91 Å². The fraction of sp³-hybridized carbons (Fsp3) is 0.500. The molecule has 0 aromatic heterocycles. The van der Waals surface area contributed by atoms with Crippen molar-refractivity contribution in [3.8, 4) is 5.75 Å². The van der Waals surface area contributed by atoms with Crippen molar-refractivity contribution in [2.75, 3.05) is 12.4 Å². The number of carbonyl (C=O) groups excluding carboxylic acids is 1. The summed E-state index contributed by atoms with van der Waals surface area (Å²) < 4.78 is 5.65. The Labute approximate surface area is 118 Å². The summed E-state index contributed by atoms with van der Waals surface area (Å²) >= 11 is 2.01. The molecule has 0 aliphatic heterocycles. The van der Waals surface area contributed by atoms with Crippen LogP contribution >= 0.6 is 11.8 Å². The molecule has 0 saturated heterocycles. The Morgan fingerprint density at radius 3 is 2.63 bits per heavy atom. The molecule has 0 heterocycles. The first-order valence-electron chi connectivity index (χ1n) is 6.65. The van der Waals surface area contributed by atoms with E-state index in [1.807, 2.05) is 11.8 Å². The Hall–Kier alpha value is -1.20. The lowest BCUT2D eigenvalue weighted by Crippen LogP contribution is -2.29. The number of nitrogens with two attached hydrogens (primary N) is 1. The van der Waals surface area contributed by atoms with Crippen molar-refractivity contribution in [1.82, 2.24) is 5.43 Å². The van der Waals surface area contributed by atoms with E-state index in [0.717, 1.165) is 16.8 Å². The number of thioether (sulfide) groups is 1. The zero-order valence-electron chi connectivity index (χ0n) is 10.9. The second-order valence-corrected chi connectivity index (χ2v) is 6.03. The van der Waals surface area contributed by atoms with Gasteiger partial charge in [-0.25, -0.2) is 5.84 Å². The first kappa shape index (κ1) is 14.2. The number of rotatable bonds is 6. The smallest absolute Gasteiger partial charge is 0.265 e. The fourth-order valence-electron chi connectivity index (χ4n) is 2.22. The van der Waals surface area contributed by atoms with Gasteiger partial charge in [0.1, 0.15) is 5.75 Å². The van der Waals surface area contributed by atoms with Gasteiger partial charge in [0.25, 0.3) is 5.91 Å². The van der Waals surface area contributed by atoms with Gasteiger partial charge in [-0.3, -0.25) is 10.2 Å². The zero-order valence-corrected chi connectivity index (χ0v) is 11.7. The highest BCUT2D eigenvalue weighted by Crippen LogP contribution is 2.29. The summed E-state index contributed by atoms with van der Waals surface area (Å²) in [6.45, 7) is 0.712. The van der Waals surface area contributed by atoms with Crippen molar-refractivity contribution in [2.24, 2.45) is 5.84 Å². The number of amides is 1. The Morgan fingerprint density at radius 1 is 1.32 bits per heavy atom. The van der Waals surface area contributed by atoms with Gasteiger partial charge in [0.2, 0.25) is 0 Å². The van der Waals surface area contributed by atoms with Gasteiger partial charge < -0.3 is 4.74 Å². The molecule has 0 radical (unpaired) electrons. The van der Waals surface area contributed by atoms with Gasteiger partial charge in [0.15, 0.2) is 0 Å². The first-order valence-corrected chi connectivity index (χ1v) is 7.70. The van der Waals surface area contributed by atoms with Gasteiger partial charge in [-0.1, -0.05) is 12.8 Å². The molecule has 1 aliphatic carbocycles. The summed E-state index contributed by atoms with van der Waals surface area (Å²) in [5.74, 6) is 6.59. The molecule has 1 aliphatic rings. The maximum Gasteiger partial charge on any atom is 0.265 e. The molecule has 1 aromatic carbocycles. The van der Waals surface area contributed by atoms with E-state index < -0.39 is 0 Å². The van der Waals surface area contributed by atoms with Crippen molar-refractivity contribution in [1.29, 1.82) is 0 Å². The Balaban J connectivity index is 1.69. The van der Waals surface area contributed by atoms with Crippen LogP contribution in [0.2, 0.25) is 0 Å². The molecule has 0 atom stereocenters. The Morgan fingerprint density at radius 2 is 2.00 bits per heavy atom. The van der Waals surface area contributed by atoms with Gasteiger partial charge in [-0.05, 0) is 37.1 Å². The van der Waals surface area contributed by atoms with Crippen molar-refractivity contribution in [2.45, 2.75) is 30.9 Å². The van der Waals surface area contributed by atoms with Crippen molar-refractivity contribution in [3.05, 3.63) is 29.8 Å². The second kappa shape index (κ2) is 7.40. The summed E-state index contributed by atoms with van der Waals surface area (Å²) in [7, 11) is 0. The molecule has 19 heavy (non-hydrogen) atoms. The number of ether oxygens (including phenoxy) is 1. The zero-order chi connectivity index (χ0) is 13.5. The fourth-order valence-corrected chi connectivity index (χ4v) is 3.39. The SMILES string of the molecule is NNC(=O)c1ccc(OCCSC2CCCC2)cc1. The number of benzene rings is 1. The molecule has 2 rings (SSSR count). The van der Waals surface area contributed by atoms with E-state index in [4.69, 9.17) is 10.6 Å². The van der Waals surface area contributed by atoms with Crippen molar-refractivity contribution < 1.29 is 9.53 Å². The average Bonchev–Trinajstić information content (AvgIpc) is 2.96. The molecule has 104 valence electrons. The molecule has 0 spiro atoms. The highest BCUT2D eigenvalue weighted by atomic mass is 32.2. The molecular formula is C14H20N2O2S. The summed E-state index contributed by atoms with van der Waals surface area (Å²) in [6, 6.07) is 7.01.